The molecule has 19 heavy (non-hydrogen) atoms. The van der Waals surface area contributed by atoms with Crippen molar-refractivity contribution in [2.24, 2.45) is 0 Å². The van der Waals surface area contributed by atoms with Gasteiger partial charge in [-0.3, -0.25) is 15.4 Å². The van der Waals surface area contributed by atoms with Gasteiger partial charge in [0.25, 0.3) is 5.69 Å². The fourth-order valence-corrected chi connectivity index (χ4v) is 1.06. The van der Waals surface area contributed by atoms with E-state index in [2.05, 4.69) is 4.74 Å². The molecule has 0 radical (unpaired) electrons. The predicted octanol–water partition coefficient (Wildman–Crippen LogP) is 2.84. The summed E-state index contributed by atoms with van der Waals surface area (Å²) in [6.07, 6.45) is -6.31. The highest BCUT2D eigenvalue weighted by molar-refractivity contribution is 5.87. The molecule has 0 saturated carbocycles. The van der Waals surface area contributed by atoms with E-state index in [0.29, 0.717) is 6.07 Å². The van der Waals surface area contributed by atoms with E-state index >= 15 is 0 Å². The van der Waals surface area contributed by atoms with E-state index in [1.165, 1.54) is 0 Å². The molecular formula is C9H6F4N2O4. The Morgan fingerprint density at radius 3 is 2.58 bits per heavy atom. The number of halogens is 4. The molecule has 0 bridgehead atoms. The van der Waals surface area contributed by atoms with Gasteiger partial charge in [0.1, 0.15) is 11.5 Å². The van der Waals surface area contributed by atoms with Crippen molar-refractivity contribution in [2.75, 3.05) is 11.9 Å². The van der Waals surface area contributed by atoms with E-state index in [0.717, 1.165) is 12.1 Å². The number of nitro groups is 1. The Labute approximate surface area is 103 Å². The summed E-state index contributed by atoms with van der Waals surface area (Å²) in [7, 11) is 0. The highest BCUT2D eigenvalue weighted by atomic mass is 19.4. The summed E-state index contributed by atoms with van der Waals surface area (Å²) in [6, 6.07) is 2.12. The van der Waals surface area contributed by atoms with Gasteiger partial charge < -0.3 is 4.74 Å². The summed E-state index contributed by atoms with van der Waals surface area (Å²) in [6.45, 7) is -1.86. The van der Waals surface area contributed by atoms with Gasteiger partial charge in [0.2, 0.25) is 0 Å². The zero-order valence-corrected chi connectivity index (χ0v) is 9.03. The lowest BCUT2D eigenvalue weighted by Gasteiger charge is -2.09. The number of rotatable bonds is 3. The van der Waals surface area contributed by atoms with Crippen LogP contribution in [0.4, 0.5) is 33.7 Å². The zero-order chi connectivity index (χ0) is 14.6. The Hall–Kier alpha value is -2.39. The molecule has 0 aliphatic carbocycles. The second-order valence-electron chi connectivity index (χ2n) is 3.23. The van der Waals surface area contributed by atoms with E-state index in [4.69, 9.17) is 0 Å². The number of carbonyl (C=O) groups is 1. The van der Waals surface area contributed by atoms with Crippen LogP contribution in [-0.4, -0.2) is 23.8 Å². The molecule has 0 aliphatic rings. The minimum atomic E-state index is -4.73. The first-order chi connectivity index (χ1) is 8.69. The van der Waals surface area contributed by atoms with Gasteiger partial charge in [0.15, 0.2) is 6.61 Å². The molecule has 1 N–H and O–H groups in total. The van der Waals surface area contributed by atoms with Crippen molar-refractivity contribution in [1.82, 2.24) is 0 Å². The highest BCUT2D eigenvalue weighted by Crippen LogP contribution is 2.25. The van der Waals surface area contributed by atoms with Crippen molar-refractivity contribution in [3.05, 3.63) is 34.1 Å². The largest absolute Gasteiger partial charge is 0.440 e. The second-order valence-corrected chi connectivity index (χ2v) is 3.23. The molecule has 1 aromatic rings. The van der Waals surface area contributed by atoms with Gasteiger partial charge in [-0.05, 0) is 6.07 Å². The normalized spacial score (nSPS) is 10.9. The van der Waals surface area contributed by atoms with Gasteiger partial charge in [-0.25, -0.2) is 9.18 Å². The number of carbonyl (C=O) groups excluding carboxylic acids is 1. The van der Waals surface area contributed by atoms with Crippen LogP contribution in [0.3, 0.4) is 0 Å². The van der Waals surface area contributed by atoms with Crippen LogP contribution in [0.15, 0.2) is 18.2 Å². The first-order valence-electron chi connectivity index (χ1n) is 4.63. The summed E-state index contributed by atoms with van der Waals surface area (Å²) >= 11 is 0. The van der Waals surface area contributed by atoms with Gasteiger partial charge in [0.05, 0.1) is 4.92 Å². The standard InChI is InChI=1S/C9H6F4N2O4/c10-5-1-2-7(15(17)18)6(3-5)14-8(16)19-4-9(11,12)13/h1-3H,4H2,(H,14,16). The molecule has 0 heterocycles. The number of nitrogens with one attached hydrogen (secondary N) is 1. The number of nitrogens with zero attached hydrogens (tertiary/aromatic N) is 1. The van der Waals surface area contributed by atoms with Crippen LogP contribution in [0.1, 0.15) is 0 Å². The first kappa shape index (κ1) is 14.7. The molecule has 0 aliphatic heterocycles. The zero-order valence-electron chi connectivity index (χ0n) is 9.03. The van der Waals surface area contributed by atoms with E-state index in [1.54, 1.807) is 5.32 Å². The van der Waals surface area contributed by atoms with Crippen molar-refractivity contribution in [3.8, 4) is 0 Å². The van der Waals surface area contributed by atoms with Gasteiger partial charge >= 0.3 is 12.3 Å². The van der Waals surface area contributed by atoms with Crippen molar-refractivity contribution in [1.29, 1.82) is 0 Å². The maximum atomic E-state index is 12.8. The van der Waals surface area contributed by atoms with Gasteiger partial charge in [0, 0.05) is 12.1 Å². The lowest BCUT2D eigenvalue weighted by atomic mass is 10.2. The van der Waals surface area contributed by atoms with Crippen LogP contribution in [0.2, 0.25) is 0 Å². The maximum Gasteiger partial charge on any atom is 0.422 e. The van der Waals surface area contributed by atoms with Crippen molar-refractivity contribution < 1.29 is 32.0 Å². The highest BCUT2D eigenvalue weighted by Gasteiger charge is 2.30. The third-order valence-corrected chi connectivity index (χ3v) is 1.76. The number of nitro benzene ring substituents is 1. The Balaban J connectivity index is 2.78. The average molecular weight is 282 g/mol. The molecule has 1 rings (SSSR count). The van der Waals surface area contributed by atoms with Crippen molar-refractivity contribution in [3.63, 3.8) is 0 Å². The lowest BCUT2D eigenvalue weighted by Crippen LogP contribution is -2.23. The van der Waals surface area contributed by atoms with E-state index in [-0.39, 0.29) is 0 Å². The monoisotopic (exact) mass is 282 g/mol. The quantitative estimate of drug-likeness (QED) is 0.525. The molecule has 10 heteroatoms. The minimum Gasteiger partial charge on any atom is -0.440 e. The molecule has 0 saturated heterocycles. The third-order valence-electron chi connectivity index (χ3n) is 1.76. The van der Waals surface area contributed by atoms with Crippen molar-refractivity contribution in [2.45, 2.75) is 6.18 Å². The number of hydrogen-bond acceptors (Lipinski definition) is 4. The number of alkyl halides is 3. The fourth-order valence-electron chi connectivity index (χ4n) is 1.06. The van der Waals surface area contributed by atoms with E-state index in [1.807, 2.05) is 0 Å². The third kappa shape index (κ3) is 4.77. The van der Waals surface area contributed by atoms with Crippen LogP contribution < -0.4 is 5.32 Å². The number of ether oxygens (including phenoxy) is 1. The van der Waals surface area contributed by atoms with E-state index < -0.39 is 41.0 Å². The van der Waals surface area contributed by atoms with Gasteiger partial charge in [-0.1, -0.05) is 0 Å². The lowest BCUT2D eigenvalue weighted by molar-refractivity contribution is -0.384. The Morgan fingerprint density at radius 2 is 2.05 bits per heavy atom. The van der Waals surface area contributed by atoms with Crippen LogP contribution in [0, 0.1) is 15.9 Å². The SMILES string of the molecule is O=C(Nc1cc(F)ccc1[N+](=O)[O-])OCC(F)(F)F. The smallest absolute Gasteiger partial charge is 0.422 e. The molecule has 0 spiro atoms. The number of amides is 1. The minimum absolute atomic E-state index is 0.590. The molecule has 1 amide bonds. The second kappa shape index (κ2) is 5.50. The molecule has 0 unspecified atom stereocenters. The van der Waals surface area contributed by atoms with Crippen LogP contribution in [-0.2, 0) is 4.74 Å². The number of benzene rings is 1. The summed E-state index contributed by atoms with van der Waals surface area (Å²) in [5, 5.41) is 12.2. The number of hydrogen-bond donors (Lipinski definition) is 1. The van der Waals surface area contributed by atoms with E-state index in [9.17, 15) is 32.5 Å². The topological polar surface area (TPSA) is 81.5 Å². The summed E-state index contributed by atoms with van der Waals surface area (Å²) in [5.74, 6) is -0.906. The predicted molar refractivity (Wildman–Crippen MR) is 54.1 cm³/mol. The molecule has 0 atom stereocenters. The Kier molecular flexibility index (Phi) is 4.25. The molecule has 104 valence electrons. The summed E-state index contributed by atoms with van der Waals surface area (Å²) < 4.78 is 51.9. The molecular weight excluding hydrogens is 276 g/mol. The van der Waals surface area contributed by atoms with Crippen LogP contribution >= 0.6 is 0 Å². The Morgan fingerprint density at radius 1 is 1.42 bits per heavy atom. The summed E-state index contributed by atoms with van der Waals surface area (Å²) in [4.78, 5) is 20.6. The molecule has 6 nitrogen and oxygen atoms in total. The summed E-state index contributed by atoms with van der Waals surface area (Å²) in [5.41, 5.74) is -1.28. The van der Waals surface area contributed by atoms with Crippen LogP contribution in [0.5, 0.6) is 0 Å². The molecule has 0 aromatic heterocycles. The Bertz CT molecular complexity index is 503. The average Bonchev–Trinajstić information content (AvgIpc) is 2.25. The first-order valence-corrected chi connectivity index (χ1v) is 4.63. The van der Waals surface area contributed by atoms with Crippen LogP contribution in [0.25, 0.3) is 0 Å². The number of anilines is 1. The fraction of sp³-hybridized carbons (Fsp3) is 0.222. The van der Waals surface area contributed by atoms with Gasteiger partial charge in [-0.2, -0.15) is 13.2 Å². The van der Waals surface area contributed by atoms with Crippen molar-refractivity contribution >= 4 is 17.5 Å². The molecule has 0 fully saturated rings. The maximum absolute atomic E-state index is 12.8. The molecule has 1 aromatic carbocycles. The van der Waals surface area contributed by atoms with Gasteiger partial charge in [-0.15, -0.1) is 0 Å².